The standard InChI is InChI=1S/C15H12N6O/c1-18-14-10(6-17)13(19-7-20-14)12-9-4-8(5-16)2-3-11(9)21-15(12)22/h2-4,6-7,12,17H,1H3,(H,21,22)(H,18,19,20). The summed E-state index contributed by atoms with van der Waals surface area (Å²) in [5.74, 6) is -0.401. The lowest BCUT2D eigenvalue weighted by Gasteiger charge is -2.13. The van der Waals surface area contributed by atoms with Gasteiger partial charge in [0.15, 0.2) is 0 Å². The van der Waals surface area contributed by atoms with Gasteiger partial charge in [0.05, 0.1) is 22.9 Å². The lowest BCUT2D eigenvalue weighted by molar-refractivity contribution is -0.116. The molecular weight excluding hydrogens is 280 g/mol. The van der Waals surface area contributed by atoms with Crippen molar-refractivity contribution in [2.75, 3.05) is 17.7 Å². The molecule has 1 aromatic carbocycles. The minimum Gasteiger partial charge on any atom is -0.372 e. The van der Waals surface area contributed by atoms with Crippen LogP contribution in [0.4, 0.5) is 11.5 Å². The van der Waals surface area contributed by atoms with Gasteiger partial charge in [-0.15, -0.1) is 0 Å². The molecule has 2 aromatic rings. The van der Waals surface area contributed by atoms with Crippen molar-refractivity contribution < 1.29 is 4.79 Å². The SMILES string of the molecule is CNc1ncnc(C2C(=O)Nc3ccc(C#N)cc32)c1C=N. The highest BCUT2D eigenvalue weighted by Crippen LogP contribution is 2.38. The molecule has 1 aliphatic heterocycles. The lowest BCUT2D eigenvalue weighted by Crippen LogP contribution is -2.17. The third-order valence-corrected chi connectivity index (χ3v) is 3.58. The molecule has 1 aromatic heterocycles. The van der Waals surface area contributed by atoms with E-state index >= 15 is 0 Å². The zero-order valence-corrected chi connectivity index (χ0v) is 11.7. The number of rotatable bonds is 3. The molecule has 0 aliphatic carbocycles. The summed E-state index contributed by atoms with van der Waals surface area (Å²) in [5.41, 5.74) is 2.73. The maximum atomic E-state index is 12.3. The molecule has 1 unspecified atom stereocenters. The number of nitrogens with one attached hydrogen (secondary N) is 3. The Bertz CT molecular complexity index is 823. The van der Waals surface area contributed by atoms with Gasteiger partial charge in [-0.05, 0) is 23.8 Å². The Morgan fingerprint density at radius 3 is 2.95 bits per heavy atom. The number of hydrogen-bond donors (Lipinski definition) is 3. The summed E-state index contributed by atoms with van der Waals surface area (Å²) in [5, 5.41) is 22.3. The van der Waals surface area contributed by atoms with Crippen LogP contribution in [0.5, 0.6) is 0 Å². The highest BCUT2D eigenvalue weighted by atomic mass is 16.2. The van der Waals surface area contributed by atoms with Gasteiger partial charge in [0.25, 0.3) is 0 Å². The molecule has 0 radical (unpaired) electrons. The molecule has 7 heteroatoms. The summed E-state index contributed by atoms with van der Waals surface area (Å²) in [6, 6.07) is 7.09. The Kier molecular flexibility index (Phi) is 3.27. The fraction of sp³-hybridized carbons (Fsp3) is 0.133. The second-order valence-corrected chi connectivity index (χ2v) is 4.75. The Morgan fingerprint density at radius 1 is 1.45 bits per heavy atom. The van der Waals surface area contributed by atoms with Crippen molar-refractivity contribution >= 4 is 23.6 Å². The van der Waals surface area contributed by atoms with Crippen molar-refractivity contribution in [1.82, 2.24) is 9.97 Å². The van der Waals surface area contributed by atoms with E-state index in [-0.39, 0.29) is 5.91 Å². The quantitative estimate of drug-likeness (QED) is 0.741. The molecule has 2 heterocycles. The normalized spacial score (nSPS) is 15.6. The van der Waals surface area contributed by atoms with Crippen molar-refractivity contribution in [2.45, 2.75) is 5.92 Å². The number of amides is 1. The zero-order chi connectivity index (χ0) is 15.7. The van der Waals surface area contributed by atoms with Crippen LogP contribution in [0.3, 0.4) is 0 Å². The average Bonchev–Trinajstić information content (AvgIpc) is 2.88. The predicted octanol–water partition coefficient (Wildman–Crippen LogP) is 1.47. The Labute approximate surface area is 126 Å². The van der Waals surface area contributed by atoms with Crippen LogP contribution in [0, 0.1) is 16.7 Å². The van der Waals surface area contributed by atoms with Crippen LogP contribution in [-0.4, -0.2) is 29.1 Å². The molecule has 3 N–H and O–H groups in total. The molecule has 1 atom stereocenters. The van der Waals surface area contributed by atoms with Gasteiger partial charge in [0.1, 0.15) is 18.1 Å². The Balaban J connectivity index is 2.21. The monoisotopic (exact) mass is 292 g/mol. The van der Waals surface area contributed by atoms with Crippen molar-refractivity contribution in [3.05, 3.63) is 46.9 Å². The van der Waals surface area contributed by atoms with Gasteiger partial charge in [-0.1, -0.05) is 0 Å². The van der Waals surface area contributed by atoms with Crippen LogP contribution in [-0.2, 0) is 4.79 Å². The van der Waals surface area contributed by atoms with Gasteiger partial charge >= 0.3 is 0 Å². The van der Waals surface area contributed by atoms with Gasteiger partial charge in [-0.3, -0.25) is 4.79 Å². The number of carbonyl (C=O) groups is 1. The van der Waals surface area contributed by atoms with E-state index in [1.165, 1.54) is 6.33 Å². The van der Waals surface area contributed by atoms with Crippen LogP contribution in [0.25, 0.3) is 0 Å². The molecular formula is C15H12N6O. The van der Waals surface area contributed by atoms with Crippen molar-refractivity contribution in [1.29, 1.82) is 10.7 Å². The van der Waals surface area contributed by atoms with Gasteiger partial charge in [-0.2, -0.15) is 5.26 Å². The average molecular weight is 292 g/mol. The van der Waals surface area contributed by atoms with E-state index in [2.05, 4.69) is 26.7 Å². The topological polar surface area (TPSA) is 115 Å². The molecule has 0 bridgehead atoms. The van der Waals surface area contributed by atoms with Crippen molar-refractivity contribution in [3.8, 4) is 6.07 Å². The molecule has 22 heavy (non-hydrogen) atoms. The second-order valence-electron chi connectivity index (χ2n) is 4.75. The molecule has 108 valence electrons. The molecule has 0 spiro atoms. The van der Waals surface area contributed by atoms with E-state index in [4.69, 9.17) is 10.7 Å². The van der Waals surface area contributed by atoms with Crippen LogP contribution in [0.2, 0.25) is 0 Å². The Morgan fingerprint density at radius 2 is 2.27 bits per heavy atom. The van der Waals surface area contributed by atoms with Gasteiger partial charge < -0.3 is 16.0 Å². The molecule has 3 rings (SSSR count). The number of nitrogens with zero attached hydrogens (tertiary/aromatic N) is 3. The first kappa shape index (κ1) is 13.7. The first-order valence-electron chi connectivity index (χ1n) is 6.57. The van der Waals surface area contributed by atoms with E-state index in [9.17, 15) is 4.79 Å². The fourth-order valence-electron chi connectivity index (χ4n) is 2.58. The number of hydrogen-bond acceptors (Lipinski definition) is 6. The fourth-order valence-corrected chi connectivity index (χ4v) is 2.58. The number of carbonyl (C=O) groups excluding carboxylic acids is 1. The molecule has 1 amide bonds. The first-order chi connectivity index (χ1) is 10.7. The van der Waals surface area contributed by atoms with Crippen LogP contribution >= 0.6 is 0 Å². The number of anilines is 2. The maximum absolute atomic E-state index is 12.3. The zero-order valence-electron chi connectivity index (χ0n) is 11.7. The van der Waals surface area contributed by atoms with E-state index in [0.29, 0.717) is 33.9 Å². The summed E-state index contributed by atoms with van der Waals surface area (Å²) in [6.45, 7) is 0. The number of fused-ring (bicyclic) bond motifs is 1. The number of nitriles is 1. The largest absolute Gasteiger partial charge is 0.372 e. The smallest absolute Gasteiger partial charge is 0.238 e. The minimum absolute atomic E-state index is 0.228. The summed E-state index contributed by atoms with van der Waals surface area (Å²) < 4.78 is 0. The summed E-state index contributed by atoms with van der Waals surface area (Å²) in [6.07, 6.45) is 2.48. The second kappa shape index (κ2) is 5.26. The number of benzene rings is 1. The van der Waals surface area contributed by atoms with E-state index in [1.54, 1.807) is 25.2 Å². The van der Waals surface area contributed by atoms with Crippen LogP contribution in [0.1, 0.15) is 28.3 Å². The van der Waals surface area contributed by atoms with Crippen molar-refractivity contribution in [3.63, 3.8) is 0 Å². The van der Waals surface area contributed by atoms with E-state index in [0.717, 1.165) is 6.21 Å². The van der Waals surface area contributed by atoms with E-state index in [1.807, 2.05) is 0 Å². The Hall–Kier alpha value is -3.27. The molecule has 0 saturated carbocycles. The minimum atomic E-state index is -0.657. The van der Waals surface area contributed by atoms with Crippen molar-refractivity contribution in [2.24, 2.45) is 0 Å². The summed E-state index contributed by atoms with van der Waals surface area (Å²) in [7, 11) is 1.69. The maximum Gasteiger partial charge on any atom is 0.238 e. The molecule has 0 saturated heterocycles. The summed E-state index contributed by atoms with van der Waals surface area (Å²) in [4.78, 5) is 20.6. The molecule has 0 fully saturated rings. The number of aromatic nitrogens is 2. The third-order valence-electron chi connectivity index (χ3n) is 3.58. The van der Waals surface area contributed by atoms with Gasteiger partial charge in [0, 0.05) is 18.9 Å². The summed E-state index contributed by atoms with van der Waals surface area (Å²) >= 11 is 0. The van der Waals surface area contributed by atoms with Crippen LogP contribution in [0.15, 0.2) is 24.5 Å². The highest BCUT2D eigenvalue weighted by Gasteiger charge is 2.35. The molecule has 7 nitrogen and oxygen atoms in total. The molecule has 1 aliphatic rings. The highest BCUT2D eigenvalue weighted by molar-refractivity contribution is 6.06. The van der Waals surface area contributed by atoms with E-state index < -0.39 is 5.92 Å². The third kappa shape index (κ3) is 1.98. The van der Waals surface area contributed by atoms with Gasteiger partial charge in [-0.25, -0.2) is 9.97 Å². The lowest BCUT2D eigenvalue weighted by atomic mass is 9.93. The first-order valence-corrected chi connectivity index (χ1v) is 6.57. The predicted molar refractivity (Wildman–Crippen MR) is 81.1 cm³/mol. The van der Waals surface area contributed by atoms with Crippen LogP contribution < -0.4 is 10.6 Å². The van der Waals surface area contributed by atoms with Gasteiger partial charge in [0.2, 0.25) is 5.91 Å².